The zero-order valence-electron chi connectivity index (χ0n) is 21.3. The van der Waals surface area contributed by atoms with Crippen molar-refractivity contribution in [2.24, 2.45) is 11.3 Å². The summed E-state index contributed by atoms with van der Waals surface area (Å²) < 4.78 is 10.4. The molecule has 1 aromatic rings. The van der Waals surface area contributed by atoms with Crippen molar-refractivity contribution in [2.75, 3.05) is 32.2 Å². The Morgan fingerprint density at radius 3 is 2.68 bits per heavy atom. The number of nitrogens with zero attached hydrogens (tertiary/aromatic N) is 1. The molecule has 34 heavy (non-hydrogen) atoms. The summed E-state index contributed by atoms with van der Waals surface area (Å²) in [6, 6.07) is 3.80. The fourth-order valence-electron chi connectivity index (χ4n) is 5.03. The lowest BCUT2D eigenvalue weighted by molar-refractivity contribution is -0.147. The van der Waals surface area contributed by atoms with Gasteiger partial charge in [0.2, 0.25) is 5.91 Å². The third kappa shape index (κ3) is 7.42. The highest BCUT2D eigenvalue weighted by molar-refractivity contribution is 5.87. The van der Waals surface area contributed by atoms with E-state index in [1.165, 1.54) is 19.1 Å². The largest absolute Gasteiger partial charge is 0.467 e. The van der Waals surface area contributed by atoms with Crippen LogP contribution in [0.1, 0.15) is 82.9 Å². The number of fused-ring (bicyclic) bond motifs is 1. The Labute approximate surface area is 204 Å². The van der Waals surface area contributed by atoms with Crippen LogP contribution >= 0.6 is 0 Å². The van der Waals surface area contributed by atoms with Gasteiger partial charge in [0.15, 0.2) is 0 Å². The maximum absolute atomic E-state index is 13.0. The van der Waals surface area contributed by atoms with Crippen molar-refractivity contribution in [1.82, 2.24) is 10.3 Å². The van der Waals surface area contributed by atoms with E-state index in [0.717, 1.165) is 75.8 Å². The number of amides is 1. The Bertz CT molecular complexity index is 805. The maximum atomic E-state index is 13.0. The summed E-state index contributed by atoms with van der Waals surface area (Å²) >= 11 is 0. The number of aryl methyl sites for hydroxylation is 2. The van der Waals surface area contributed by atoms with Crippen molar-refractivity contribution >= 4 is 17.7 Å². The van der Waals surface area contributed by atoms with Crippen LogP contribution in [0.2, 0.25) is 0 Å². The van der Waals surface area contributed by atoms with Gasteiger partial charge in [-0.15, -0.1) is 0 Å². The van der Waals surface area contributed by atoms with E-state index in [1.807, 2.05) is 13.8 Å². The van der Waals surface area contributed by atoms with Crippen molar-refractivity contribution in [3.63, 3.8) is 0 Å². The van der Waals surface area contributed by atoms with E-state index in [2.05, 4.69) is 22.8 Å². The summed E-state index contributed by atoms with van der Waals surface area (Å²) in [4.78, 5) is 30.1. The Kier molecular flexibility index (Phi) is 10.2. The normalized spacial score (nSPS) is 17.4. The molecule has 3 heterocycles. The molecule has 2 aliphatic heterocycles. The minimum Gasteiger partial charge on any atom is -0.467 e. The fourth-order valence-corrected chi connectivity index (χ4v) is 5.03. The van der Waals surface area contributed by atoms with Gasteiger partial charge in [-0.3, -0.25) is 4.79 Å². The van der Waals surface area contributed by atoms with Crippen LogP contribution in [0, 0.1) is 11.3 Å². The van der Waals surface area contributed by atoms with E-state index < -0.39 is 11.5 Å². The molecule has 1 fully saturated rings. The van der Waals surface area contributed by atoms with Gasteiger partial charge in [0.25, 0.3) is 0 Å². The van der Waals surface area contributed by atoms with Crippen molar-refractivity contribution in [2.45, 2.75) is 90.5 Å². The van der Waals surface area contributed by atoms with E-state index in [9.17, 15) is 9.59 Å². The van der Waals surface area contributed by atoms with Gasteiger partial charge in [-0.25, -0.2) is 9.78 Å². The summed E-state index contributed by atoms with van der Waals surface area (Å²) in [7, 11) is 1.38. The molecule has 0 unspecified atom stereocenters. The van der Waals surface area contributed by atoms with Crippen LogP contribution in [-0.2, 0) is 31.9 Å². The predicted octanol–water partition coefficient (Wildman–Crippen LogP) is 4.43. The summed E-state index contributed by atoms with van der Waals surface area (Å²) in [5.74, 6) is 0.907. The number of anilines is 1. The monoisotopic (exact) mass is 473 g/mol. The van der Waals surface area contributed by atoms with Crippen molar-refractivity contribution < 1.29 is 19.1 Å². The zero-order valence-corrected chi connectivity index (χ0v) is 21.3. The molecule has 0 radical (unpaired) electrons. The number of carbonyl (C=O) groups excluding carboxylic acids is 2. The van der Waals surface area contributed by atoms with E-state index in [-0.39, 0.29) is 17.8 Å². The van der Waals surface area contributed by atoms with Gasteiger partial charge in [0, 0.05) is 30.9 Å². The number of ether oxygens (including phenoxy) is 2. The Morgan fingerprint density at radius 1 is 1.18 bits per heavy atom. The summed E-state index contributed by atoms with van der Waals surface area (Å²) in [5.41, 5.74) is 1.96. The smallest absolute Gasteiger partial charge is 0.328 e. The number of hydrogen-bond donors (Lipinski definition) is 2. The van der Waals surface area contributed by atoms with E-state index >= 15 is 0 Å². The number of esters is 1. The van der Waals surface area contributed by atoms with Crippen molar-refractivity contribution in [3.8, 4) is 0 Å². The van der Waals surface area contributed by atoms with Gasteiger partial charge in [-0.1, -0.05) is 45.6 Å². The highest BCUT2D eigenvalue weighted by Crippen LogP contribution is 2.34. The fraction of sp³-hybridized carbons (Fsp3) is 0.741. The summed E-state index contributed by atoms with van der Waals surface area (Å²) in [5, 5.41) is 6.39. The molecular formula is C27H43N3O4. The molecule has 1 aromatic heterocycles. The number of methoxy groups -OCH3 is 1. The number of rotatable bonds is 12. The van der Waals surface area contributed by atoms with Gasteiger partial charge in [-0.05, 0) is 62.5 Å². The lowest BCUT2D eigenvalue weighted by Gasteiger charge is -2.36. The Balaban J connectivity index is 1.36. The molecule has 190 valence electrons. The first kappa shape index (κ1) is 26.5. The van der Waals surface area contributed by atoms with E-state index in [0.29, 0.717) is 19.6 Å². The third-order valence-electron chi connectivity index (χ3n) is 7.50. The molecule has 7 nitrogen and oxygen atoms in total. The van der Waals surface area contributed by atoms with Crippen molar-refractivity contribution in [3.05, 3.63) is 23.4 Å². The van der Waals surface area contributed by atoms with Gasteiger partial charge in [0.1, 0.15) is 11.9 Å². The first-order valence-corrected chi connectivity index (χ1v) is 13.1. The van der Waals surface area contributed by atoms with Crippen LogP contribution in [0.4, 0.5) is 5.82 Å². The maximum Gasteiger partial charge on any atom is 0.328 e. The third-order valence-corrected chi connectivity index (χ3v) is 7.50. The number of carbonyl (C=O) groups is 2. The molecule has 0 aromatic carbocycles. The second-order valence-corrected chi connectivity index (χ2v) is 10.3. The standard InChI is InChI=1S/C27H43N3O4/c1-27(2,21-15-18-34-19-16-21)26(32)30-23(25(31)33-3)12-8-6-4-5-7-11-22-14-13-20-10-9-17-28-24(20)29-22/h13-14,21,23H,4-12,15-19H2,1-3H3,(H,28,29)(H,30,32)/t23-/m0/s1. The molecule has 0 spiro atoms. The quantitative estimate of drug-likeness (QED) is 0.345. The number of hydrogen-bond acceptors (Lipinski definition) is 6. The van der Waals surface area contributed by atoms with Crippen LogP contribution in [-0.4, -0.2) is 49.8 Å². The molecule has 1 amide bonds. The molecule has 1 saturated heterocycles. The van der Waals surface area contributed by atoms with E-state index in [1.54, 1.807) is 0 Å². The first-order chi connectivity index (χ1) is 16.4. The van der Waals surface area contributed by atoms with Gasteiger partial charge >= 0.3 is 5.97 Å². The summed E-state index contributed by atoms with van der Waals surface area (Å²) in [6.07, 6.45) is 10.9. The minimum atomic E-state index is -0.580. The Morgan fingerprint density at radius 2 is 1.91 bits per heavy atom. The average molecular weight is 474 g/mol. The van der Waals surface area contributed by atoms with Gasteiger partial charge in [-0.2, -0.15) is 0 Å². The van der Waals surface area contributed by atoms with Gasteiger partial charge < -0.3 is 20.1 Å². The Hall–Kier alpha value is -2.15. The molecule has 2 aliphatic rings. The van der Waals surface area contributed by atoms with Crippen LogP contribution < -0.4 is 10.6 Å². The van der Waals surface area contributed by atoms with Crippen molar-refractivity contribution in [1.29, 1.82) is 0 Å². The topological polar surface area (TPSA) is 89.5 Å². The molecular weight excluding hydrogens is 430 g/mol. The predicted molar refractivity (Wildman–Crippen MR) is 134 cm³/mol. The van der Waals surface area contributed by atoms with Crippen LogP contribution in [0.25, 0.3) is 0 Å². The molecule has 1 atom stereocenters. The molecule has 0 saturated carbocycles. The highest BCUT2D eigenvalue weighted by Gasteiger charge is 2.39. The minimum absolute atomic E-state index is 0.0677. The first-order valence-electron chi connectivity index (χ1n) is 13.1. The second-order valence-electron chi connectivity index (χ2n) is 10.3. The number of unbranched alkanes of at least 4 members (excludes halogenated alkanes) is 4. The molecule has 0 aliphatic carbocycles. The SMILES string of the molecule is COC(=O)[C@H](CCCCCCCc1ccc2c(n1)NCCC2)NC(=O)C(C)(C)C1CCOCC1. The van der Waals surface area contributed by atoms with Gasteiger partial charge in [0.05, 0.1) is 7.11 Å². The van der Waals surface area contributed by atoms with E-state index in [4.69, 9.17) is 14.5 Å². The van der Waals surface area contributed by atoms with Crippen LogP contribution in [0.15, 0.2) is 12.1 Å². The average Bonchev–Trinajstić information content (AvgIpc) is 2.87. The second kappa shape index (κ2) is 13.1. The zero-order chi connectivity index (χ0) is 24.4. The molecule has 3 rings (SSSR count). The number of aromatic nitrogens is 1. The number of nitrogens with one attached hydrogen (secondary N) is 2. The molecule has 7 heteroatoms. The lowest BCUT2D eigenvalue weighted by Crippen LogP contribution is -2.50. The van der Waals surface area contributed by atoms with Crippen LogP contribution in [0.3, 0.4) is 0 Å². The number of pyridine rings is 1. The molecule has 0 bridgehead atoms. The lowest BCUT2D eigenvalue weighted by atomic mass is 9.74. The van der Waals surface area contributed by atoms with Crippen LogP contribution in [0.5, 0.6) is 0 Å². The molecule has 2 N–H and O–H groups in total. The highest BCUT2D eigenvalue weighted by atomic mass is 16.5. The summed E-state index contributed by atoms with van der Waals surface area (Å²) in [6.45, 7) is 6.35.